The number of aromatic nitrogens is 2. The number of hydrogen-bond acceptors (Lipinski definition) is 4. The predicted octanol–water partition coefficient (Wildman–Crippen LogP) is 3.25. The molecule has 100 valence electrons. The van der Waals surface area contributed by atoms with Crippen LogP contribution in [0.1, 0.15) is 5.69 Å². The molecule has 0 aliphatic carbocycles. The molecule has 0 aliphatic heterocycles. The Balaban J connectivity index is 1.79. The van der Waals surface area contributed by atoms with E-state index in [-0.39, 0.29) is 0 Å². The lowest BCUT2D eigenvalue weighted by molar-refractivity contribution is 0.416. The molecule has 1 aromatic heterocycles. The van der Waals surface area contributed by atoms with Crippen molar-refractivity contribution in [3.8, 4) is 5.75 Å². The highest BCUT2D eigenvalue weighted by atomic mass is 16.5. The second-order valence-corrected chi connectivity index (χ2v) is 4.40. The Hall–Kier alpha value is -2.62. The van der Waals surface area contributed by atoms with Gasteiger partial charge in [-0.1, -0.05) is 24.3 Å². The van der Waals surface area contributed by atoms with Gasteiger partial charge in [0.25, 0.3) is 0 Å². The predicted molar refractivity (Wildman–Crippen MR) is 79.9 cm³/mol. The van der Waals surface area contributed by atoms with E-state index in [1.165, 1.54) is 0 Å². The molecule has 1 N–H and O–H groups in total. The number of benzene rings is 2. The van der Waals surface area contributed by atoms with Crippen molar-refractivity contribution in [2.24, 2.45) is 0 Å². The fourth-order valence-corrected chi connectivity index (χ4v) is 2.06. The molecule has 0 unspecified atom stereocenters. The minimum atomic E-state index is 0.609. The summed E-state index contributed by atoms with van der Waals surface area (Å²) in [7, 11) is 1.66. The highest BCUT2D eigenvalue weighted by molar-refractivity contribution is 5.73. The third-order valence-corrected chi connectivity index (χ3v) is 3.07. The molecule has 0 radical (unpaired) electrons. The van der Waals surface area contributed by atoms with E-state index in [1.807, 2.05) is 48.5 Å². The van der Waals surface area contributed by atoms with E-state index in [0.717, 1.165) is 28.2 Å². The zero-order chi connectivity index (χ0) is 13.8. The number of nitrogens with one attached hydrogen (secondary N) is 1. The summed E-state index contributed by atoms with van der Waals surface area (Å²) >= 11 is 0. The van der Waals surface area contributed by atoms with Crippen LogP contribution in [0.4, 0.5) is 5.69 Å². The topological polar surface area (TPSA) is 47.0 Å². The van der Waals surface area contributed by atoms with Gasteiger partial charge in [0.05, 0.1) is 42.3 Å². The second kappa shape index (κ2) is 5.57. The van der Waals surface area contributed by atoms with E-state index in [1.54, 1.807) is 13.3 Å². The maximum atomic E-state index is 5.31. The Morgan fingerprint density at radius 3 is 2.60 bits per heavy atom. The van der Waals surface area contributed by atoms with E-state index in [9.17, 15) is 0 Å². The fourth-order valence-electron chi connectivity index (χ4n) is 2.06. The average Bonchev–Trinajstić information content (AvgIpc) is 2.53. The molecule has 0 spiro atoms. The molecule has 3 aromatic rings. The first-order chi connectivity index (χ1) is 9.86. The molecule has 2 aromatic carbocycles. The van der Waals surface area contributed by atoms with Crippen molar-refractivity contribution in [1.82, 2.24) is 9.97 Å². The van der Waals surface area contributed by atoms with Crippen LogP contribution in [-0.4, -0.2) is 17.1 Å². The Morgan fingerprint density at radius 2 is 1.75 bits per heavy atom. The number of para-hydroxylation sites is 4. The summed E-state index contributed by atoms with van der Waals surface area (Å²) in [5.74, 6) is 0.821. The van der Waals surface area contributed by atoms with Crippen LogP contribution < -0.4 is 10.1 Å². The summed E-state index contributed by atoms with van der Waals surface area (Å²) in [6, 6.07) is 15.7. The normalized spacial score (nSPS) is 10.4. The van der Waals surface area contributed by atoms with Crippen LogP contribution >= 0.6 is 0 Å². The quantitative estimate of drug-likeness (QED) is 0.786. The second-order valence-electron chi connectivity index (χ2n) is 4.40. The molecule has 20 heavy (non-hydrogen) atoms. The van der Waals surface area contributed by atoms with Gasteiger partial charge in [-0.2, -0.15) is 0 Å². The first kappa shape index (κ1) is 12.4. The summed E-state index contributed by atoms with van der Waals surface area (Å²) in [4.78, 5) is 8.98. The average molecular weight is 265 g/mol. The van der Waals surface area contributed by atoms with Gasteiger partial charge in [-0.25, -0.2) is 4.98 Å². The van der Waals surface area contributed by atoms with Gasteiger partial charge in [0.2, 0.25) is 0 Å². The monoisotopic (exact) mass is 265 g/mol. The molecule has 1 heterocycles. The summed E-state index contributed by atoms with van der Waals surface area (Å²) in [5, 5.41) is 3.32. The van der Waals surface area contributed by atoms with Crippen LogP contribution in [0, 0.1) is 0 Å². The van der Waals surface area contributed by atoms with Crippen LogP contribution in [0.5, 0.6) is 5.75 Å². The minimum absolute atomic E-state index is 0.609. The van der Waals surface area contributed by atoms with Crippen LogP contribution in [0.2, 0.25) is 0 Å². The summed E-state index contributed by atoms with van der Waals surface area (Å²) < 4.78 is 5.31. The molecule has 0 atom stereocenters. The zero-order valence-electron chi connectivity index (χ0n) is 11.2. The van der Waals surface area contributed by atoms with Crippen molar-refractivity contribution in [2.45, 2.75) is 6.54 Å². The third-order valence-electron chi connectivity index (χ3n) is 3.07. The summed E-state index contributed by atoms with van der Waals surface area (Å²) in [5.41, 5.74) is 3.67. The summed E-state index contributed by atoms with van der Waals surface area (Å²) in [6.07, 6.45) is 1.80. The van der Waals surface area contributed by atoms with Gasteiger partial charge in [-0.05, 0) is 24.3 Å². The van der Waals surface area contributed by atoms with Gasteiger partial charge in [0.15, 0.2) is 0 Å². The number of methoxy groups -OCH3 is 1. The van der Waals surface area contributed by atoms with Crippen molar-refractivity contribution in [3.63, 3.8) is 0 Å². The largest absolute Gasteiger partial charge is 0.495 e. The molecule has 4 heteroatoms. The Labute approximate surface area is 117 Å². The highest BCUT2D eigenvalue weighted by Crippen LogP contribution is 2.23. The first-order valence-electron chi connectivity index (χ1n) is 6.44. The van der Waals surface area contributed by atoms with E-state index < -0.39 is 0 Å². The molecule has 0 amide bonds. The third kappa shape index (κ3) is 2.54. The Morgan fingerprint density at radius 1 is 1.00 bits per heavy atom. The molecule has 0 fully saturated rings. The lowest BCUT2D eigenvalue weighted by Crippen LogP contribution is -2.03. The smallest absolute Gasteiger partial charge is 0.141 e. The number of hydrogen-bond donors (Lipinski definition) is 1. The molecule has 0 saturated carbocycles. The van der Waals surface area contributed by atoms with Gasteiger partial charge >= 0.3 is 0 Å². The molecule has 0 saturated heterocycles. The standard InChI is InChI=1S/C16H15N3O/c1-20-16-9-5-4-8-15(16)18-11-12-10-17-13-6-2-3-7-14(13)19-12/h2-10,18H,11H2,1H3. The number of rotatable bonds is 4. The molecule has 0 aliphatic rings. The van der Waals surface area contributed by atoms with Gasteiger partial charge in [-0.15, -0.1) is 0 Å². The maximum Gasteiger partial charge on any atom is 0.141 e. The van der Waals surface area contributed by atoms with Crippen molar-refractivity contribution in [1.29, 1.82) is 0 Å². The number of nitrogens with zero attached hydrogens (tertiary/aromatic N) is 2. The van der Waals surface area contributed by atoms with E-state index in [0.29, 0.717) is 6.54 Å². The van der Waals surface area contributed by atoms with Gasteiger partial charge in [0.1, 0.15) is 5.75 Å². The van der Waals surface area contributed by atoms with Crippen LogP contribution in [0.25, 0.3) is 11.0 Å². The van der Waals surface area contributed by atoms with Crippen molar-refractivity contribution in [2.75, 3.05) is 12.4 Å². The van der Waals surface area contributed by atoms with Crippen LogP contribution in [0.3, 0.4) is 0 Å². The minimum Gasteiger partial charge on any atom is -0.495 e. The SMILES string of the molecule is COc1ccccc1NCc1cnc2ccccc2n1. The molecule has 3 rings (SSSR count). The van der Waals surface area contributed by atoms with Crippen molar-refractivity contribution in [3.05, 3.63) is 60.4 Å². The Bertz CT molecular complexity index is 727. The maximum absolute atomic E-state index is 5.31. The molecular weight excluding hydrogens is 250 g/mol. The molecule has 0 bridgehead atoms. The van der Waals surface area contributed by atoms with E-state index in [4.69, 9.17) is 4.74 Å². The first-order valence-corrected chi connectivity index (χ1v) is 6.44. The van der Waals surface area contributed by atoms with E-state index in [2.05, 4.69) is 15.3 Å². The number of ether oxygens (including phenoxy) is 1. The fraction of sp³-hybridized carbons (Fsp3) is 0.125. The summed E-state index contributed by atoms with van der Waals surface area (Å²) in [6.45, 7) is 0.609. The van der Waals surface area contributed by atoms with Gasteiger partial charge in [0, 0.05) is 0 Å². The molecule has 4 nitrogen and oxygen atoms in total. The highest BCUT2D eigenvalue weighted by Gasteiger charge is 2.03. The van der Waals surface area contributed by atoms with Crippen LogP contribution in [-0.2, 0) is 6.54 Å². The lowest BCUT2D eigenvalue weighted by Gasteiger charge is -2.10. The van der Waals surface area contributed by atoms with Crippen LogP contribution in [0.15, 0.2) is 54.7 Å². The number of fused-ring (bicyclic) bond motifs is 1. The molecular formula is C16H15N3O. The zero-order valence-corrected chi connectivity index (χ0v) is 11.2. The van der Waals surface area contributed by atoms with E-state index >= 15 is 0 Å². The van der Waals surface area contributed by atoms with Gasteiger partial charge < -0.3 is 10.1 Å². The van der Waals surface area contributed by atoms with Gasteiger partial charge in [-0.3, -0.25) is 4.98 Å². The number of anilines is 1. The lowest BCUT2D eigenvalue weighted by atomic mass is 10.2. The van der Waals surface area contributed by atoms with Crippen molar-refractivity contribution < 1.29 is 4.74 Å². The Kier molecular flexibility index (Phi) is 3.46. The van der Waals surface area contributed by atoms with Crippen molar-refractivity contribution >= 4 is 16.7 Å².